The largest absolute Gasteiger partial charge is 0.508 e. The number of phenols is 1. The molecule has 0 aromatic heterocycles. The zero-order chi connectivity index (χ0) is 12.8. The molecule has 90 valence electrons. The van der Waals surface area contributed by atoms with Crippen LogP contribution in [0.25, 0.3) is 0 Å². The van der Waals surface area contributed by atoms with Crippen LogP contribution in [-0.2, 0) is 11.2 Å². The van der Waals surface area contributed by atoms with E-state index < -0.39 is 12.0 Å². The van der Waals surface area contributed by atoms with Crippen LogP contribution in [0.2, 0.25) is 0 Å². The Kier molecular flexibility index (Phi) is 4.04. The van der Waals surface area contributed by atoms with Gasteiger partial charge in [-0.3, -0.25) is 0 Å². The molecule has 1 aromatic rings. The fraction of sp³-hybridized carbons (Fsp3) is 0.100. The molecular formula is C10H11N3O4. The molecule has 0 atom stereocenters. The van der Waals surface area contributed by atoms with E-state index >= 15 is 0 Å². The Bertz CT molecular complexity index is 453. The van der Waals surface area contributed by atoms with Gasteiger partial charge >= 0.3 is 12.0 Å². The molecule has 7 heteroatoms. The molecule has 0 saturated heterocycles. The summed E-state index contributed by atoms with van der Waals surface area (Å²) in [6.07, 6.45) is 0.00981. The number of hydrogen-bond acceptors (Lipinski definition) is 4. The average Bonchev–Trinajstić information content (AvgIpc) is 2.26. The van der Waals surface area contributed by atoms with E-state index in [0.29, 0.717) is 5.56 Å². The minimum atomic E-state index is -1.26. The number of amides is 2. The van der Waals surface area contributed by atoms with Crippen molar-refractivity contribution in [2.45, 2.75) is 6.42 Å². The number of hydrazone groups is 1. The smallest absolute Gasteiger partial charge is 0.352 e. The van der Waals surface area contributed by atoms with Gasteiger partial charge in [0.05, 0.1) is 0 Å². The number of carboxylic acid groups (broad SMARTS) is 1. The number of rotatable bonds is 4. The van der Waals surface area contributed by atoms with E-state index in [-0.39, 0.29) is 17.9 Å². The number of carbonyl (C=O) groups excluding carboxylic acids is 1. The first-order valence-electron chi connectivity index (χ1n) is 4.62. The third-order valence-electron chi connectivity index (χ3n) is 1.86. The normalized spacial score (nSPS) is 10.9. The summed E-state index contributed by atoms with van der Waals surface area (Å²) >= 11 is 0. The van der Waals surface area contributed by atoms with Crippen molar-refractivity contribution in [2.24, 2.45) is 10.8 Å². The highest BCUT2D eigenvalue weighted by Gasteiger charge is 2.11. The van der Waals surface area contributed by atoms with Crippen molar-refractivity contribution in [3.05, 3.63) is 29.8 Å². The van der Waals surface area contributed by atoms with Gasteiger partial charge in [-0.1, -0.05) is 12.1 Å². The number of nitrogens with one attached hydrogen (secondary N) is 1. The van der Waals surface area contributed by atoms with Crippen LogP contribution in [0.3, 0.4) is 0 Å². The Morgan fingerprint density at radius 3 is 2.35 bits per heavy atom. The summed E-state index contributed by atoms with van der Waals surface area (Å²) in [5.41, 5.74) is 7.01. The summed E-state index contributed by atoms with van der Waals surface area (Å²) in [6, 6.07) is 5.03. The number of aliphatic carboxylic acids is 1. The lowest BCUT2D eigenvalue weighted by atomic mass is 10.1. The van der Waals surface area contributed by atoms with Crippen LogP contribution in [0.1, 0.15) is 5.56 Å². The lowest BCUT2D eigenvalue weighted by Crippen LogP contribution is -2.28. The highest BCUT2D eigenvalue weighted by atomic mass is 16.4. The summed E-state index contributed by atoms with van der Waals surface area (Å²) in [5, 5.41) is 21.3. The summed E-state index contributed by atoms with van der Waals surface area (Å²) < 4.78 is 0. The Morgan fingerprint density at radius 2 is 1.88 bits per heavy atom. The van der Waals surface area contributed by atoms with Gasteiger partial charge in [0.25, 0.3) is 0 Å². The monoisotopic (exact) mass is 237 g/mol. The summed E-state index contributed by atoms with van der Waals surface area (Å²) in [6.45, 7) is 0. The molecule has 1 rings (SSSR count). The van der Waals surface area contributed by atoms with Gasteiger partial charge in [-0.15, -0.1) is 0 Å². The number of hydrogen-bond donors (Lipinski definition) is 4. The highest BCUT2D eigenvalue weighted by molar-refractivity contribution is 6.36. The molecule has 0 unspecified atom stereocenters. The van der Waals surface area contributed by atoms with Gasteiger partial charge in [-0.25, -0.2) is 15.0 Å². The number of phenolic OH excluding ortho intramolecular Hbond substituents is 1. The maximum atomic E-state index is 10.8. The lowest BCUT2D eigenvalue weighted by molar-refractivity contribution is -0.129. The van der Waals surface area contributed by atoms with Crippen molar-refractivity contribution in [3.8, 4) is 5.75 Å². The number of urea groups is 1. The third kappa shape index (κ3) is 4.20. The van der Waals surface area contributed by atoms with E-state index in [1.54, 1.807) is 12.1 Å². The second-order valence-electron chi connectivity index (χ2n) is 3.18. The number of nitrogens with two attached hydrogens (primary N) is 1. The Labute approximate surface area is 96.6 Å². The minimum absolute atomic E-state index is 0.00981. The van der Waals surface area contributed by atoms with Gasteiger partial charge < -0.3 is 15.9 Å². The second-order valence-corrected chi connectivity index (χ2v) is 3.18. The molecule has 0 radical (unpaired) electrons. The number of primary amides is 1. The Balaban J connectivity index is 2.80. The van der Waals surface area contributed by atoms with Gasteiger partial charge in [0.2, 0.25) is 0 Å². The first kappa shape index (κ1) is 12.5. The Morgan fingerprint density at radius 1 is 1.29 bits per heavy atom. The zero-order valence-electron chi connectivity index (χ0n) is 8.75. The highest BCUT2D eigenvalue weighted by Crippen LogP contribution is 2.10. The van der Waals surface area contributed by atoms with Crippen LogP contribution < -0.4 is 11.2 Å². The molecule has 0 heterocycles. The van der Waals surface area contributed by atoms with Crippen LogP contribution >= 0.6 is 0 Å². The first-order valence-corrected chi connectivity index (χ1v) is 4.62. The molecule has 5 N–H and O–H groups in total. The summed E-state index contributed by atoms with van der Waals surface area (Å²) in [5.74, 6) is -1.18. The molecular weight excluding hydrogens is 226 g/mol. The van der Waals surface area contributed by atoms with Gasteiger partial charge in [0.1, 0.15) is 11.5 Å². The molecule has 0 saturated carbocycles. The molecule has 1 aromatic carbocycles. The molecule has 0 spiro atoms. The predicted molar refractivity (Wildman–Crippen MR) is 59.6 cm³/mol. The fourth-order valence-corrected chi connectivity index (χ4v) is 1.09. The van der Waals surface area contributed by atoms with E-state index in [9.17, 15) is 9.59 Å². The van der Waals surface area contributed by atoms with Crippen molar-refractivity contribution >= 4 is 17.7 Å². The molecule has 2 amide bonds. The first-order chi connectivity index (χ1) is 7.99. The van der Waals surface area contributed by atoms with Crippen LogP contribution in [0.4, 0.5) is 4.79 Å². The van der Waals surface area contributed by atoms with Crippen LogP contribution in [0, 0.1) is 0 Å². The number of benzene rings is 1. The second kappa shape index (κ2) is 5.50. The van der Waals surface area contributed by atoms with Crippen molar-refractivity contribution in [3.63, 3.8) is 0 Å². The number of carboxylic acids is 1. The summed E-state index contributed by atoms with van der Waals surface area (Å²) in [7, 11) is 0. The number of aromatic hydroxyl groups is 1. The molecule has 0 aliphatic carbocycles. The van der Waals surface area contributed by atoms with E-state index in [4.69, 9.17) is 15.9 Å². The quantitative estimate of drug-likeness (QED) is 0.436. The van der Waals surface area contributed by atoms with Crippen LogP contribution in [-0.4, -0.2) is 27.9 Å². The molecule has 0 aliphatic heterocycles. The van der Waals surface area contributed by atoms with Crippen molar-refractivity contribution < 1.29 is 19.8 Å². The van der Waals surface area contributed by atoms with E-state index in [1.165, 1.54) is 12.1 Å². The van der Waals surface area contributed by atoms with Crippen LogP contribution in [0.15, 0.2) is 29.4 Å². The molecule has 7 nitrogen and oxygen atoms in total. The third-order valence-corrected chi connectivity index (χ3v) is 1.86. The molecule has 0 bridgehead atoms. The van der Waals surface area contributed by atoms with Gasteiger partial charge in [0.15, 0.2) is 0 Å². The lowest BCUT2D eigenvalue weighted by Gasteiger charge is -2.02. The van der Waals surface area contributed by atoms with E-state index in [2.05, 4.69) is 5.10 Å². The summed E-state index contributed by atoms with van der Waals surface area (Å²) in [4.78, 5) is 21.2. The molecule has 17 heavy (non-hydrogen) atoms. The Hall–Kier alpha value is -2.57. The maximum absolute atomic E-state index is 10.8. The molecule has 0 fully saturated rings. The number of carbonyl (C=O) groups is 2. The van der Waals surface area contributed by atoms with E-state index in [0.717, 1.165) is 0 Å². The van der Waals surface area contributed by atoms with Gasteiger partial charge in [-0.2, -0.15) is 5.10 Å². The fourth-order valence-electron chi connectivity index (χ4n) is 1.09. The average molecular weight is 237 g/mol. The van der Waals surface area contributed by atoms with Gasteiger partial charge in [-0.05, 0) is 17.7 Å². The van der Waals surface area contributed by atoms with Crippen LogP contribution in [0.5, 0.6) is 5.75 Å². The zero-order valence-corrected chi connectivity index (χ0v) is 8.75. The maximum Gasteiger partial charge on any atom is 0.352 e. The number of nitrogens with zero attached hydrogens (tertiary/aromatic N) is 1. The predicted octanol–water partition coefficient (Wildman–Crippen LogP) is 0.0436. The van der Waals surface area contributed by atoms with Crippen molar-refractivity contribution in [2.75, 3.05) is 0 Å². The van der Waals surface area contributed by atoms with Crippen molar-refractivity contribution in [1.82, 2.24) is 5.43 Å². The topological polar surface area (TPSA) is 125 Å². The van der Waals surface area contributed by atoms with Gasteiger partial charge in [0, 0.05) is 6.42 Å². The van der Waals surface area contributed by atoms with Crippen molar-refractivity contribution in [1.29, 1.82) is 0 Å². The molecule has 0 aliphatic rings. The van der Waals surface area contributed by atoms with E-state index in [1.807, 2.05) is 5.43 Å². The standard InChI is InChI=1S/C10H11N3O4/c11-10(17)13-12-8(9(15)16)5-6-1-3-7(14)4-2-6/h1-4,14H,5H2,(H,15,16)(H3,11,13,17)/b12-8+. The minimum Gasteiger partial charge on any atom is -0.508 e. The SMILES string of the molecule is NC(=O)N/N=C(\Cc1ccc(O)cc1)C(=O)O.